The van der Waals surface area contributed by atoms with E-state index in [2.05, 4.69) is 15.6 Å². The molecule has 1 saturated heterocycles. The molecule has 0 bridgehead atoms. The minimum Gasteiger partial charge on any atom is -0.458 e. The van der Waals surface area contributed by atoms with E-state index < -0.39 is 12.1 Å². The zero-order valence-corrected chi connectivity index (χ0v) is 11.3. The predicted molar refractivity (Wildman–Crippen MR) is 65.2 cm³/mol. The molecule has 1 N–H and O–H groups in total. The number of cyclic esters (lactones) is 1. The molecular weight excluding hydrogens is 268 g/mol. The molecule has 0 aliphatic carbocycles. The Balaban J connectivity index is 1.96. The van der Waals surface area contributed by atoms with Crippen molar-refractivity contribution in [3.05, 3.63) is 11.4 Å². The van der Waals surface area contributed by atoms with Crippen LogP contribution in [0.1, 0.15) is 16.2 Å². The first-order valence-corrected chi connectivity index (χ1v) is 6.12. The first kappa shape index (κ1) is 14.3. The van der Waals surface area contributed by atoms with Crippen LogP contribution < -0.4 is 5.32 Å². The first-order valence-electron chi connectivity index (χ1n) is 6.12. The number of rotatable bonds is 6. The minimum absolute atomic E-state index is 0.151. The van der Waals surface area contributed by atoms with E-state index in [1.54, 1.807) is 6.92 Å². The van der Waals surface area contributed by atoms with Crippen LogP contribution >= 0.6 is 0 Å². The third-order valence-electron chi connectivity index (χ3n) is 2.82. The van der Waals surface area contributed by atoms with Crippen LogP contribution in [0.15, 0.2) is 0 Å². The van der Waals surface area contributed by atoms with Gasteiger partial charge in [0.1, 0.15) is 12.7 Å². The van der Waals surface area contributed by atoms with E-state index in [0.717, 1.165) is 0 Å². The van der Waals surface area contributed by atoms with Gasteiger partial charge in [0.2, 0.25) is 0 Å². The van der Waals surface area contributed by atoms with Gasteiger partial charge in [-0.3, -0.25) is 0 Å². The van der Waals surface area contributed by atoms with Gasteiger partial charge < -0.3 is 19.5 Å². The molecule has 1 aliphatic rings. The number of methoxy groups -OCH3 is 1. The van der Waals surface area contributed by atoms with Crippen LogP contribution in [0, 0.1) is 6.92 Å². The number of esters is 1. The summed E-state index contributed by atoms with van der Waals surface area (Å²) in [7, 11) is 1.52. The molecule has 2 heterocycles. The van der Waals surface area contributed by atoms with Gasteiger partial charge in [0.25, 0.3) is 0 Å². The largest absolute Gasteiger partial charge is 0.458 e. The van der Waals surface area contributed by atoms with Gasteiger partial charge in [-0.15, -0.1) is 5.10 Å². The average molecular weight is 284 g/mol. The molecule has 110 valence electrons. The third kappa shape index (κ3) is 3.23. The minimum atomic E-state index is -0.549. The Morgan fingerprint density at radius 1 is 1.55 bits per heavy atom. The standard InChI is InChI=1S/C11H16N4O5/c1-7-9(10(16)19-4-3-18-2)13-14-15(7)6-8-5-12-11(17)20-8/h8H,3-6H2,1-2H3,(H,12,17). The van der Waals surface area contributed by atoms with Gasteiger partial charge in [0, 0.05) is 7.11 Å². The van der Waals surface area contributed by atoms with Crippen LogP contribution in [-0.2, 0) is 20.8 Å². The van der Waals surface area contributed by atoms with Crippen molar-refractivity contribution in [3.63, 3.8) is 0 Å². The monoisotopic (exact) mass is 284 g/mol. The second-order valence-electron chi connectivity index (χ2n) is 4.24. The zero-order valence-electron chi connectivity index (χ0n) is 11.3. The highest BCUT2D eigenvalue weighted by molar-refractivity contribution is 5.88. The fraction of sp³-hybridized carbons (Fsp3) is 0.636. The lowest BCUT2D eigenvalue weighted by molar-refractivity contribution is 0.0380. The molecule has 1 aromatic heterocycles. The third-order valence-corrected chi connectivity index (χ3v) is 2.82. The molecule has 1 fully saturated rings. The fourth-order valence-electron chi connectivity index (χ4n) is 1.74. The summed E-state index contributed by atoms with van der Waals surface area (Å²) in [5.74, 6) is -0.549. The van der Waals surface area contributed by atoms with Crippen molar-refractivity contribution >= 4 is 12.1 Å². The number of nitrogens with zero attached hydrogens (tertiary/aromatic N) is 3. The quantitative estimate of drug-likeness (QED) is 0.554. The summed E-state index contributed by atoms with van der Waals surface area (Å²) in [6.45, 7) is 2.93. The van der Waals surface area contributed by atoms with Crippen molar-refractivity contribution in [2.24, 2.45) is 0 Å². The maximum absolute atomic E-state index is 11.8. The number of hydrogen-bond donors (Lipinski definition) is 1. The Bertz CT molecular complexity index is 501. The van der Waals surface area contributed by atoms with Crippen molar-refractivity contribution in [1.82, 2.24) is 20.3 Å². The Kier molecular flexibility index (Phi) is 4.51. The van der Waals surface area contributed by atoms with Crippen molar-refractivity contribution in [2.75, 3.05) is 26.9 Å². The second kappa shape index (κ2) is 6.33. The van der Waals surface area contributed by atoms with Gasteiger partial charge in [-0.25, -0.2) is 14.3 Å². The molecule has 9 heteroatoms. The van der Waals surface area contributed by atoms with E-state index in [0.29, 0.717) is 25.4 Å². The molecule has 1 atom stereocenters. The van der Waals surface area contributed by atoms with E-state index in [1.165, 1.54) is 11.8 Å². The predicted octanol–water partition coefficient (Wildman–Crippen LogP) is -0.502. The molecule has 0 spiro atoms. The number of carbonyl (C=O) groups is 2. The topological polar surface area (TPSA) is 105 Å². The first-order chi connectivity index (χ1) is 9.61. The molecule has 1 aliphatic heterocycles. The fourth-order valence-corrected chi connectivity index (χ4v) is 1.74. The molecule has 0 aromatic carbocycles. The summed E-state index contributed by atoms with van der Waals surface area (Å²) in [5.41, 5.74) is 0.716. The SMILES string of the molecule is COCCOC(=O)c1nnn(CC2CNC(=O)O2)c1C. The van der Waals surface area contributed by atoms with E-state index >= 15 is 0 Å². The van der Waals surface area contributed by atoms with Crippen molar-refractivity contribution in [3.8, 4) is 0 Å². The number of aromatic nitrogens is 3. The molecule has 0 radical (unpaired) electrons. The van der Waals surface area contributed by atoms with Crippen LogP contribution in [0.3, 0.4) is 0 Å². The molecule has 1 aromatic rings. The number of amides is 1. The summed E-state index contributed by atoms with van der Waals surface area (Å²) in [5, 5.41) is 10.2. The number of ether oxygens (including phenoxy) is 3. The summed E-state index contributed by atoms with van der Waals surface area (Å²) < 4.78 is 16.3. The maximum Gasteiger partial charge on any atom is 0.407 e. The van der Waals surface area contributed by atoms with Crippen molar-refractivity contribution in [2.45, 2.75) is 19.6 Å². The highest BCUT2D eigenvalue weighted by Gasteiger charge is 2.25. The lowest BCUT2D eigenvalue weighted by atomic mass is 10.3. The van der Waals surface area contributed by atoms with Gasteiger partial charge in [-0.05, 0) is 6.92 Å². The number of nitrogens with one attached hydrogen (secondary N) is 1. The van der Waals surface area contributed by atoms with Crippen LogP contribution in [0.5, 0.6) is 0 Å². The van der Waals surface area contributed by atoms with E-state index in [1.807, 2.05) is 0 Å². The van der Waals surface area contributed by atoms with Crippen LogP contribution in [0.2, 0.25) is 0 Å². The molecule has 2 rings (SSSR count). The average Bonchev–Trinajstić information content (AvgIpc) is 2.98. The zero-order chi connectivity index (χ0) is 14.5. The van der Waals surface area contributed by atoms with E-state index in [-0.39, 0.29) is 18.4 Å². The lowest BCUT2D eigenvalue weighted by Gasteiger charge is -2.08. The molecule has 20 heavy (non-hydrogen) atoms. The van der Waals surface area contributed by atoms with Gasteiger partial charge in [-0.1, -0.05) is 5.21 Å². The van der Waals surface area contributed by atoms with Gasteiger partial charge in [-0.2, -0.15) is 0 Å². The van der Waals surface area contributed by atoms with Gasteiger partial charge >= 0.3 is 12.1 Å². The summed E-state index contributed by atoms with van der Waals surface area (Å²) >= 11 is 0. The molecule has 0 saturated carbocycles. The number of carbonyl (C=O) groups excluding carboxylic acids is 2. The second-order valence-corrected chi connectivity index (χ2v) is 4.24. The Hall–Kier alpha value is -2.16. The van der Waals surface area contributed by atoms with E-state index in [9.17, 15) is 9.59 Å². The highest BCUT2D eigenvalue weighted by Crippen LogP contribution is 2.09. The molecule has 9 nitrogen and oxygen atoms in total. The van der Waals surface area contributed by atoms with E-state index in [4.69, 9.17) is 14.2 Å². The summed E-state index contributed by atoms with van der Waals surface area (Å²) in [6.07, 6.45) is -0.771. The number of hydrogen-bond acceptors (Lipinski definition) is 7. The lowest BCUT2D eigenvalue weighted by Crippen LogP contribution is -2.22. The normalized spacial score (nSPS) is 17.7. The van der Waals surface area contributed by atoms with Crippen molar-refractivity contribution in [1.29, 1.82) is 0 Å². The summed E-state index contributed by atoms with van der Waals surface area (Å²) in [4.78, 5) is 22.7. The molecule has 1 amide bonds. The smallest absolute Gasteiger partial charge is 0.407 e. The van der Waals surface area contributed by atoms with Crippen LogP contribution in [0.25, 0.3) is 0 Å². The van der Waals surface area contributed by atoms with Gasteiger partial charge in [0.05, 0.1) is 25.4 Å². The Morgan fingerprint density at radius 3 is 3.00 bits per heavy atom. The highest BCUT2D eigenvalue weighted by atomic mass is 16.6. The molecular formula is C11H16N4O5. The maximum atomic E-state index is 11.8. The van der Waals surface area contributed by atoms with Gasteiger partial charge in [0.15, 0.2) is 5.69 Å². The summed E-state index contributed by atoms with van der Waals surface area (Å²) in [6, 6.07) is 0. The number of alkyl carbamates (subject to hydrolysis) is 1. The van der Waals surface area contributed by atoms with Crippen LogP contribution in [0.4, 0.5) is 4.79 Å². The Labute approximate surface area is 115 Å². The molecule has 1 unspecified atom stereocenters. The van der Waals surface area contributed by atoms with Crippen molar-refractivity contribution < 1.29 is 23.8 Å². The van der Waals surface area contributed by atoms with Crippen LogP contribution in [-0.4, -0.2) is 60.0 Å². The Morgan fingerprint density at radius 2 is 2.35 bits per heavy atom.